The normalized spacial score (nSPS) is 16.6. The minimum Gasteiger partial charge on any atom is -0.419 e. The molecule has 1 fully saturated rings. The Morgan fingerprint density at radius 2 is 1.61 bits per heavy atom. The van der Waals surface area contributed by atoms with Crippen LogP contribution in [0.1, 0.15) is 68.1 Å². The molecule has 6 rings (SSSR count). The third kappa shape index (κ3) is 5.61. The fourth-order valence-corrected chi connectivity index (χ4v) is 6.64. The molecule has 0 bridgehead atoms. The largest absolute Gasteiger partial charge is 0.419 e. The van der Waals surface area contributed by atoms with E-state index in [-0.39, 0.29) is 24.2 Å². The zero-order valence-electron chi connectivity index (χ0n) is 25.0. The number of fused-ring (bicyclic) bond motifs is 2. The summed E-state index contributed by atoms with van der Waals surface area (Å²) in [6, 6.07) is 18.0. The summed E-state index contributed by atoms with van der Waals surface area (Å²) in [6.07, 6.45) is 2.81. The number of hydrogen-bond donors (Lipinski definition) is 3. The third-order valence-corrected chi connectivity index (χ3v) is 8.92. The number of nitriles is 1. The molecule has 3 aromatic carbocycles. The van der Waals surface area contributed by atoms with Crippen LogP contribution in [-0.4, -0.2) is 58.5 Å². The molecule has 4 aromatic rings. The van der Waals surface area contributed by atoms with Gasteiger partial charge in [0.25, 0.3) is 0 Å². The first-order valence-electron chi connectivity index (χ1n) is 15.1. The van der Waals surface area contributed by atoms with Gasteiger partial charge in [-0.25, -0.2) is 4.39 Å². The van der Waals surface area contributed by atoms with Crippen molar-refractivity contribution in [1.29, 1.82) is 5.26 Å². The molecule has 12 heteroatoms. The van der Waals surface area contributed by atoms with Gasteiger partial charge in [-0.3, -0.25) is 14.4 Å². The van der Waals surface area contributed by atoms with E-state index in [9.17, 15) is 24.0 Å². The number of carbonyl (C=O) groups excluding carboxylic acids is 3. The maximum Gasteiger partial charge on any atom is 0.248 e. The zero-order valence-corrected chi connectivity index (χ0v) is 25.0. The van der Waals surface area contributed by atoms with Gasteiger partial charge in [-0.15, -0.1) is 10.2 Å². The highest BCUT2D eigenvalue weighted by atomic mass is 19.1. The van der Waals surface area contributed by atoms with Crippen molar-refractivity contribution >= 4 is 17.7 Å². The molecule has 3 amide bonds. The Hall–Kier alpha value is -5.41. The van der Waals surface area contributed by atoms with E-state index in [1.165, 1.54) is 12.1 Å². The number of benzene rings is 3. The van der Waals surface area contributed by atoms with Gasteiger partial charge in [0.2, 0.25) is 29.5 Å². The van der Waals surface area contributed by atoms with E-state index in [4.69, 9.17) is 15.9 Å². The van der Waals surface area contributed by atoms with Gasteiger partial charge in [0.05, 0.1) is 12.6 Å². The Morgan fingerprint density at radius 1 is 0.978 bits per heavy atom. The number of nitrogens with two attached hydrogens (primary N) is 2. The first-order chi connectivity index (χ1) is 22.2. The summed E-state index contributed by atoms with van der Waals surface area (Å²) in [5.41, 5.74) is 14.7. The number of rotatable bonds is 9. The monoisotopic (exact) mass is 621 g/mol. The molecule has 2 heterocycles. The minimum absolute atomic E-state index is 0.0276. The molecular weight excluding hydrogens is 589 g/mol. The summed E-state index contributed by atoms with van der Waals surface area (Å²) < 4.78 is 20.1. The highest BCUT2D eigenvalue weighted by Crippen LogP contribution is 2.47. The molecule has 1 aromatic heterocycles. The van der Waals surface area contributed by atoms with Crippen LogP contribution in [0.25, 0.3) is 11.5 Å². The van der Waals surface area contributed by atoms with Crippen LogP contribution in [0.15, 0.2) is 65.1 Å². The Balaban J connectivity index is 1.46. The van der Waals surface area contributed by atoms with E-state index < -0.39 is 29.1 Å². The van der Waals surface area contributed by atoms with Crippen LogP contribution >= 0.6 is 0 Å². The van der Waals surface area contributed by atoms with Crippen molar-refractivity contribution in [3.63, 3.8) is 0 Å². The molecular formula is C34H32FN7O4. The summed E-state index contributed by atoms with van der Waals surface area (Å²) in [5.74, 6) is -1.28. The van der Waals surface area contributed by atoms with Gasteiger partial charge >= 0.3 is 0 Å². The molecule has 1 unspecified atom stereocenters. The number of primary amides is 2. The van der Waals surface area contributed by atoms with Crippen LogP contribution in [0.3, 0.4) is 0 Å². The van der Waals surface area contributed by atoms with Gasteiger partial charge in [0.15, 0.2) is 0 Å². The second-order valence-electron chi connectivity index (χ2n) is 11.6. The van der Waals surface area contributed by atoms with Crippen LogP contribution in [0.4, 0.5) is 4.39 Å². The molecule has 1 atom stereocenters. The van der Waals surface area contributed by atoms with Crippen molar-refractivity contribution < 1.29 is 23.2 Å². The molecule has 234 valence electrons. The van der Waals surface area contributed by atoms with Gasteiger partial charge in [0, 0.05) is 23.2 Å². The lowest BCUT2D eigenvalue weighted by Crippen LogP contribution is -2.42. The molecule has 5 N–H and O–H groups in total. The fourth-order valence-electron chi connectivity index (χ4n) is 6.64. The smallest absolute Gasteiger partial charge is 0.248 e. The van der Waals surface area contributed by atoms with Gasteiger partial charge in [-0.1, -0.05) is 12.1 Å². The quantitative estimate of drug-likeness (QED) is 0.239. The standard InChI is InChI=1S/C34H32FN7O4/c35-25-9-5-20(6-10-25)32-40-41-33(46-32)34(13-14-39-19-29(43)42-15-1-2-26(42)18-36)27-11-7-23(30(37)44)16-21(27)3-4-22-17-24(31(38)45)8-12-28(22)34/h5-12,16-17,26,39H,1-4,13-15,19H2,(H2,37,44)(H2,38,45). The molecule has 0 saturated carbocycles. The lowest BCUT2D eigenvalue weighted by molar-refractivity contribution is -0.130. The molecule has 11 nitrogen and oxygen atoms in total. The predicted octanol–water partition coefficient (Wildman–Crippen LogP) is 3.00. The third-order valence-electron chi connectivity index (χ3n) is 8.92. The van der Waals surface area contributed by atoms with Crippen molar-refractivity contribution in [1.82, 2.24) is 20.4 Å². The van der Waals surface area contributed by atoms with Gasteiger partial charge in [-0.2, -0.15) is 5.26 Å². The van der Waals surface area contributed by atoms with Crippen molar-refractivity contribution in [2.45, 2.75) is 43.6 Å². The van der Waals surface area contributed by atoms with E-state index in [1.54, 1.807) is 41.3 Å². The Kier molecular flexibility index (Phi) is 8.34. The van der Waals surface area contributed by atoms with E-state index in [2.05, 4.69) is 21.6 Å². The number of aromatic nitrogens is 2. The molecule has 2 aliphatic rings. The number of amides is 3. The second kappa shape index (κ2) is 12.5. The number of likely N-dealkylation sites (tertiary alicyclic amines) is 1. The number of nitrogens with one attached hydrogen (secondary N) is 1. The summed E-state index contributed by atoms with van der Waals surface area (Å²) in [6.45, 7) is 0.890. The SMILES string of the molecule is N#CC1CCCN1C(=O)CNCCC1(c2nnc(-c3ccc(F)cc3)o2)c2ccc(C(N)=O)cc2CCc2cc(C(N)=O)ccc21. The molecule has 1 aliphatic carbocycles. The van der Waals surface area contributed by atoms with Crippen LogP contribution in [0.2, 0.25) is 0 Å². The van der Waals surface area contributed by atoms with E-state index in [0.717, 1.165) is 28.7 Å². The van der Waals surface area contributed by atoms with Crippen molar-refractivity contribution in [3.05, 3.63) is 106 Å². The summed E-state index contributed by atoms with van der Waals surface area (Å²) in [4.78, 5) is 39.0. The fraction of sp³-hybridized carbons (Fsp3) is 0.294. The topological polar surface area (TPSA) is 181 Å². The Labute approximate surface area is 264 Å². The van der Waals surface area contributed by atoms with E-state index in [0.29, 0.717) is 55.5 Å². The summed E-state index contributed by atoms with van der Waals surface area (Å²) in [5, 5.41) is 21.6. The van der Waals surface area contributed by atoms with E-state index in [1.807, 2.05) is 12.1 Å². The van der Waals surface area contributed by atoms with Crippen LogP contribution in [0.5, 0.6) is 0 Å². The van der Waals surface area contributed by atoms with Crippen molar-refractivity contribution in [3.8, 4) is 17.5 Å². The Bertz CT molecular complexity index is 1800. The highest BCUT2D eigenvalue weighted by Gasteiger charge is 2.45. The molecule has 1 aliphatic heterocycles. The number of carbonyl (C=O) groups is 3. The second-order valence-corrected chi connectivity index (χ2v) is 11.6. The summed E-state index contributed by atoms with van der Waals surface area (Å²) >= 11 is 0. The van der Waals surface area contributed by atoms with E-state index >= 15 is 0 Å². The minimum atomic E-state index is -1.10. The molecule has 0 radical (unpaired) electrons. The van der Waals surface area contributed by atoms with Gasteiger partial charge in [-0.05, 0) is 109 Å². The number of nitrogens with zero attached hydrogens (tertiary/aromatic N) is 4. The molecule has 46 heavy (non-hydrogen) atoms. The van der Waals surface area contributed by atoms with Crippen LogP contribution < -0.4 is 16.8 Å². The maximum absolute atomic E-state index is 13.7. The molecule has 0 spiro atoms. The van der Waals surface area contributed by atoms with Crippen molar-refractivity contribution in [2.24, 2.45) is 11.5 Å². The predicted molar refractivity (Wildman–Crippen MR) is 165 cm³/mol. The van der Waals surface area contributed by atoms with Gasteiger partial charge < -0.3 is 26.1 Å². The maximum atomic E-state index is 13.7. The van der Waals surface area contributed by atoms with Crippen molar-refractivity contribution in [2.75, 3.05) is 19.6 Å². The average Bonchev–Trinajstić information content (AvgIpc) is 3.73. The number of aryl methyl sites for hydroxylation is 2. The average molecular weight is 622 g/mol. The number of hydrogen-bond acceptors (Lipinski definition) is 8. The highest BCUT2D eigenvalue weighted by molar-refractivity contribution is 5.94. The lowest BCUT2D eigenvalue weighted by Gasteiger charge is -2.34. The number of halogens is 1. The zero-order chi connectivity index (χ0) is 32.4. The first-order valence-corrected chi connectivity index (χ1v) is 15.1. The lowest BCUT2D eigenvalue weighted by atomic mass is 9.69. The van der Waals surface area contributed by atoms with Crippen LogP contribution in [-0.2, 0) is 23.1 Å². The Morgan fingerprint density at radius 3 is 2.20 bits per heavy atom. The molecule has 1 saturated heterocycles. The van der Waals surface area contributed by atoms with Gasteiger partial charge in [0.1, 0.15) is 17.3 Å². The first kappa shape index (κ1) is 30.6. The summed E-state index contributed by atoms with van der Waals surface area (Å²) in [7, 11) is 0. The van der Waals surface area contributed by atoms with Crippen LogP contribution in [0, 0.1) is 17.1 Å².